The highest BCUT2D eigenvalue weighted by molar-refractivity contribution is 6.00. The third-order valence-corrected chi connectivity index (χ3v) is 3.73. The second-order valence-corrected chi connectivity index (χ2v) is 5.43. The van der Waals surface area contributed by atoms with E-state index in [1.165, 1.54) is 0 Å². The lowest BCUT2D eigenvalue weighted by molar-refractivity contribution is -0.0573. The maximum atomic E-state index is 10.6. The number of aromatic nitrogens is 1. The van der Waals surface area contributed by atoms with E-state index in [4.69, 9.17) is 15.9 Å². The Balaban J connectivity index is 2.23. The molecular formula is C14H22N4O2. The van der Waals surface area contributed by atoms with Crippen molar-refractivity contribution >= 4 is 11.7 Å². The van der Waals surface area contributed by atoms with E-state index < -0.39 is 5.60 Å². The topological polar surface area (TPSA) is 95.5 Å². The summed E-state index contributed by atoms with van der Waals surface area (Å²) in [6.45, 7) is 3.50. The van der Waals surface area contributed by atoms with Gasteiger partial charge in [-0.2, -0.15) is 0 Å². The van der Waals surface area contributed by atoms with E-state index >= 15 is 0 Å². The molecule has 1 aliphatic rings. The van der Waals surface area contributed by atoms with Gasteiger partial charge in [-0.25, -0.2) is 4.98 Å². The highest BCUT2D eigenvalue weighted by Gasteiger charge is 2.32. The molecule has 0 aromatic carbocycles. The van der Waals surface area contributed by atoms with Gasteiger partial charge in [0.05, 0.1) is 11.2 Å². The average molecular weight is 278 g/mol. The molecule has 1 aromatic rings. The number of amidine groups is 1. The van der Waals surface area contributed by atoms with Crippen LogP contribution >= 0.6 is 0 Å². The second-order valence-electron chi connectivity index (χ2n) is 5.43. The summed E-state index contributed by atoms with van der Waals surface area (Å²) >= 11 is 0. The summed E-state index contributed by atoms with van der Waals surface area (Å²) in [5, 5.41) is 18.3. The van der Waals surface area contributed by atoms with Crippen molar-refractivity contribution in [1.82, 2.24) is 4.98 Å². The molecular weight excluding hydrogens is 256 g/mol. The summed E-state index contributed by atoms with van der Waals surface area (Å²) < 4.78 is 5.29. The van der Waals surface area contributed by atoms with Crippen LogP contribution in [0.4, 0.5) is 5.82 Å². The largest absolute Gasteiger partial charge is 0.388 e. The molecule has 1 fully saturated rings. The summed E-state index contributed by atoms with van der Waals surface area (Å²) in [6.07, 6.45) is 2.92. The smallest absolute Gasteiger partial charge is 0.139 e. The molecule has 0 unspecified atom stereocenters. The number of aliphatic hydroxyl groups is 1. The van der Waals surface area contributed by atoms with Crippen molar-refractivity contribution in [2.24, 2.45) is 5.73 Å². The molecule has 20 heavy (non-hydrogen) atoms. The maximum absolute atomic E-state index is 10.6. The third kappa shape index (κ3) is 3.08. The van der Waals surface area contributed by atoms with E-state index in [1.807, 2.05) is 24.9 Å². The maximum Gasteiger partial charge on any atom is 0.139 e. The number of likely N-dealkylation sites (N-methyl/N-ethyl adjacent to an activating group) is 1. The van der Waals surface area contributed by atoms with Crippen LogP contribution in [0.25, 0.3) is 0 Å². The molecule has 0 amide bonds. The van der Waals surface area contributed by atoms with Gasteiger partial charge in [-0.3, -0.25) is 5.41 Å². The predicted molar refractivity (Wildman–Crippen MR) is 78.3 cm³/mol. The van der Waals surface area contributed by atoms with Crippen LogP contribution in [0.15, 0.2) is 12.3 Å². The van der Waals surface area contributed by atoms with E-state index in [0.717, 1.165) is 5.56 Å². The van der Waals surface area contributed by atoms with Gasteiger partial charge in [-0.15, -0.1) is 0 Å². The average Bonchev–Trinajstić information content (AvgIpc) is 2.38. The highest BCUT2D eigenvalue weighted by Crippen LogP contribution is 2.25. The van der Waals surface area contributed by atoms with E-state index in [0.29, 0.717) is 44.0 Å². The molecule has 6 heteroatoms. The molecule has 1 aromatic heterocycles. The summed E-state index contributed by atoms with van der Waals surface area (Å²) in [6, 6.07) is 1.83. The van der Waals surface area contributed by atoms with Crippen LogP contribution in [0.2, 0.25) is 0 Å². The first-order valence-corrected chi connectivity index (χ1v) is 6.74. The Labute approximate surface area is 119 Å². The van der Waals surface area contributed by atoms with E-state index in [2.05, 4.69) is 4.98 Å². The Morgan fingerprint density at radius 1 is 1.55 bits per heavy atom. The molecule has 0 atom stereocenters. The standard InChI is InChI=1S/C14H22N4O2/c1-10-3-6-17-13(11(10)12(15)16)18(2)9-14(19)4-7-20-8-5-14/h3,6,19H,4-5,7-9H2,1-2H3,(H3,15,16). The number of anilines is 1. The molecule has 4 N–H and O–H groups in total. The number of hydrogen-bond acceptors (Lipinski definition) is 5. The number of hydrogen-bond donors (Lipinski definition) is 3. The van der Waals surface area contributed by atoms with Gasteiger partial charge in [0.1, 0.15) is 11.7 Å². The SMILES string of the molecule is Cc1ccnc(N(C)CC2(O)CCOCC2)c1C(=N)N. The van der Waals surface area contributed by atoms with Gasteiger partial charge < -0.3 is 20.5 Å². The number of aryl methyl sites for hydroxylation is 1. The van der Waals surface area contributed by atoms with Crippen LogP contribution in [0.3, 0.4) is 0 Å². The summed E-state index contributed by atoms with van der Waals surface area (Å²) in [5.41, 5.74) is 6.42. The Bertz CT molecular complexity index is 498. The molecule has 2 rings (SSSR count). The molecule has 0 spiro atoms. The minimum atomic E-state index is -0.771. The first-order valence-electron chi connectivity index (χ1n) is 6.74. The van der Waals surface area contributed by atoms with Gasteiger partial charge in [0.15, 0.2) is 0 Å². The van der Waals surface area contributed by atoms with Crippen LogP contribution in [0.5, 0.6) is 0 Å². The molecule has 0 aliphatic carbocycles. The first kappa shape index (κ1) is 14.7. The first-order chi connectivity index (χ1) is 9.43. The zero-order valence-corrected chi connectivity index (χ0v) is 12.0. The Kier molecular flexibility index (Phi) is 4.25. The van der Waals surface area contributed by atoms with Gasteiger partial charge >= 0.3 is 0 Å². The molecule has 0 saturated carbocycles. The minimum Gasteiger partial charge on any atom is -0.388 e. The van der Waals surface area contributed by atoms with Crippen molar-refractivity contribution in [3.63, 3.8) is 0 Å². The Morgan fingerprint density at radius 3 is 2.80 bits per heavy atom. The monoisotopic (exact) mass is 278 g/mol. The second kappa shape index (κ2) is 5.76. The van der Waals surface area contributed by atoms with Crippen LogP contribution in [0.1, 0.15) is 24.0 Å². The van der Waals surface area contributed by atoms with Gasteiger partial charge in [0.2, 0.25) is 0 Å². The van der Waals surface area contributed by atoms with Crippen LogP contribution < -0.4 is 10.6 Å². The fraction of sp³-hybridized carbons (Fsp3) is 0.571. The third-order valence-electron chi connectivity index (χ3n) is 3.73. The molecule has 1 saturated heterocycles. The molecule has 6 nitrogen and oxygen atoms in total. The number of nitrogens with zero attached hydrogens (tertiary/aromatic N) is 2. The van der Waals surface area contributed by atoms with Crippen molar-refractivity contribution in [2.45, 2.75) is 25.4 Å². The fourth-order valence-corrected chi connectivity index (χ4v) is 2.59. The number of nitrogen functional groups attached to an aromatic ring is 1. The van der Waals surface area contributed by atoms with Crippen LogP contribution in [-0.4, -0.2) is 48.3 Å². The van der Waals surface area contributed by atoms with Gasteiger partial charge in [0, 0.05) is 45.8 Å². The van der Waals surface area contributed by atoms with Crippen LogP contribution in [0, 0.1) is 12.3 Å². The Morgan fingerprint density at radius 2 is 2.20 bits per heavy atom. The molecule has 0 bridgehead atoms. The summed E-state index contributed by atoms with van der Waals surface area (Å²) in [5.74, 6) is 0.633. The summed E-state index contributed by atoms with van der Waals surface area (Å²) in [7, 11) is 1.86. The van der Waals surface area contributed by atoms with Crippen LogP contribution in [-0.2, 0) is 4.74 Å². The van der Waals surface area contributed by atoms with Gasteiger partial charge in [-0.1, -0.05) is 0 Å². The van der Waals surface area contributed by atoms with E-state index in [1.54, 1.807) is 6.20 Å². The van der Waals surface area contributed by atoms with Gasteiger partial charge in [0.25, 0.3) is 0 Å². The number of pyridine rings is 1. The van der Waals surface area contributed by atoms with Crippen molar-refractivity contribution in [2.75, 3.05) is 31.7 Å². The highest BCUT2D eigenvalue weighted by atomic mass is 16.5. The molecule has 1 aliphatic heterocycles. The fourth-order valence-electron chi connectivity index (χ4n) is 2.59. The van der Waals surface area contributed by atoms with Crippen molar-refractivity contribution in [3.05, 3.63) is 23.4 Å². The number of rotatable bonds is 4. The zero-order chi connectivity index (χ0) is 14.8. The molecule has 110 valence electrons. The van der Waals surface area contributed by atoms with Crippen molar-refractivity contribution in [3.8, 4) is 0 Å². The Hall–Kier alpha value is -1.66. The quantitative estimate of drug-likeness (QED) is 0.555. The number of nitrogens with one attached hydrogen (secondary N) is 1. The minimum absolute atomic E-state index is 0.00332. The lowest BCUT2D eigenvalue weighted by Crippen LogP contribution is -2.46. The van der Waals surface area contributed by atoms with Crippen molar-refractivity contribution in [1.29, 1.82) is 5.41 Å². The zero-order valence-electron chi connectivity index (χ0n) is 12.0. The van der Waals surface area contributed by atoms with Crippen molar-refractivity contribution < 1.29 is 9.84 Å². The number of nitrogens with two attached hydrogens (primary N) is 1. The number of ether oxygens (including phenoxy) is 1. The van der Waals surface area contributed by atoms with Gasteiger partial charge in [-0.05, 0) is 18.6 Å². The molecule has 2 heterocycles. The lowest BCUT2D eigenvalue weighted by atomic mass is 9.93. The van der Waals surface area contributed by atoms with E-state index in [9.17, 15) is 5.11 Å². The predicted octanol–water partition coefficient (Wildman–Crippen LogP) is 0.652. The lowest BCUT2D eigenvalue weighted by Gasteiger charge is -2.36. The van der Waals surface area contributed by atoms with E-state index in [-0.39, 0.29) is 5.84 Å². The molecule has 0 radical (unpaired) electrons. The normalized spacial score (nSPS) is 17.8. The summed E-state index contributed by atoms with van der Waals surface area (Å²) in [4.78, 5) is 6.19.